The SMILES string of the molecule is O=P(O)(O)Cc1cccc2c1ccc1cc(OCCO)ccc12. The molecule has 3 aromatic carbocycles. The van der Waals surface area contributed by atoms with Crippen LogP contribution >= 0.6 is 7.60 Å². The van der Waals surface area contributed by atoms with Gasteiger partial charge in [-0.15, -0.1) is 0 Å². The highest BCUT2D eigenvalue weighted by Crippen LogP contribution is 2.41. The van der Waals surface area contributed by atoms with E-state index in [4.69, 9.17) is 9.84 Å². The maximum Gasteiger partial charge on any atom is 0.329 e. The van der Waals surface area contributed by atoms with E-state index in [0.717, 1.165) is 21.5 Å². The molecule has 0 heterocycles. The van der Waals surface area contributed by atoms with Crippen LogP contribution in [0.5, 0.6) is 5.75 Å². The van der Waals surface area contributed by atoms with Crippen LogP contribution in [-0.4, -0.2) is 28.1 Å². The van der Waals surface area contributed by atoms with Gasteiger partial charge in [0.15, 0.2) is 0 Å². The molecule has 0 saturated carbocycles. The van der Waals surface area contributed by atoms with E-state index < -0.39 is 7.60 Å². The number of aliphatic hydroxyl groups is 1. The van der Waals surface area contributed by atoms with Crippen molar-refractivity contribution in [1.29, 1.82) is 0 Å². The summed E-state index contributed by atoms with van der Waals surface area (Å²) < 4.78 is 16.7. The Balaban J connectivity index is 2.12. The molecule has 3 aromatic rings. The van der Waals surface area contributed by atoms with E-state index in [1.807, 2.05) is 42.5 Å². The number of hydrogen-bond donors (Lipinski definition) is 3. The van der Waals surface area contributed by atoms with Gasteiger partial charge in [0.1, 0.15) is 12.4 Å². The van der Waals surface area contributed by atoms with Gasteiger partial charge in [0.2, 0.25) is 0 Å². The van der Waals surface area contributed by atoms with Gasteiger partial charge in [0.25, 0.3) is 0 Å². The van der Waals surface area contributed by atoms with E-state index in [1.165, 1.54) is 0 Å². The van der Waals surface area contributed by atoms with Gasteiger partial charge in [-0.05, 0) is 39.2 Å². The molecule has 0 aliphatic rings. The highest BCUT2D eigenvalue weighted by atomic mass is 31.2. The van der Waals surface area contributed by atoms with Crippen LogP contribution in [-0.2, 0) is 10.7 Å². The fraction of sp³-hybridized carbons (Fsp3) is 0.176. The van der Waals surface area contributed by atoms with E-state index in [1.54, 1.807) is 6.07 Å². The zero-order valence-corrected chi connectivity index (χ0v) is 13.2. The number of rotatable bonds is 5. The maximum absolute atomic E-state index is 11.3. The van der Waals surface area contributed by atoms with Crippen LogP contribution in [0.1, 0.15) is 5.56 Å². The third-order valence-electron chi connectivity index (χ3n) is 3.68. The van der Waals surface area contributed by atoms with Crippen molar-refractivity contribution in [2.45, 2.75) is 6.16 Å². The predicted molar refractivity (Wildman–Crippen MR) is 89.8 cm³/mol. The summed E-state index contributed by atoms with van der Waals surface area (Å²) in [5.74, 6) is 0.678. The van der Waals surface area contributed by atoms with Gasteiger partial charge >= 0.3 is 7.60 Å². The van der Waals surface area contributed by atoms with Crippen molar-refractivity contribution in [1.82, 2.24) is 0 Å². The standard InChI is InChI=1S/C17H17O5P/c18-8-9-22-14-5-7-15-12(10-14)4-6-16-13(11-23(19,20)21)2-1-3-17(15)16/h1-7,10,18H,8-9,11H2,(H2,19,20,21). The van der Waals surface area contributed by atoms with Crippen molar-refractivity contribution >= 4 is 29.1 Å². The molecule has 0 fully saturated rings. The van der Waals surface area contributed by atoms with E-state index in [2.05, 4.69) is 0 Å². The minimum absolute atomic E-state index is 0.0402. The predicted octanol–water partition coefficient (Wildman–Crippen LogP) is 3.04. The molecule has 0 amide bonds. The van der Waals surface area contributed by atoms with Crippen LogP contribution in [0.2, 0.25) is 0 Å². The van der Waals surface area contributed by atoms with Crippen LogP contribution in [0.3, 0.4) is 0 Å². The fourth-order valence-corrected chi connectivity index (χ4v) is 3.47. The van der Waals surface area contributed by atoms with Crippen molar-refractivity contribution < 1.29 is 24.2 Å². The Hall–Kier alpha value is -1.91. The summed E-state index contributed by atoms with van der Waals surface area (Å²) in [5.41, 5.74) is 0.637. The van der Waals surface area contributed by atoms with Crippen LogP contribution in [0, 0.1) is 0 Å². The Labute approximate surface area is 133 Å². The van der Waals surface area contributed by atoms with Crippen LogP contribution in [0.4, 0.5) is 0 Å². The average molecular weight is 332 g/mol. The van der Waals surface area contributed by atoms with Crippen molar-refractivity contribution in [3.8, 4) is 5.75 Å². The van der Waals surface area contributed by atoms with Crippen LogP contribution in [0.25, 0.3) is 21.5 Å². The molecule has 5 nitrogen and oxygen atoms in total. The highest BCUT2D eigenvalue weighted by Gasteiger charge is 2.16. The quantitative estimate of drug-likeness (QED) is 0.494. The van der Waals surface area contributed by atoms with Crippen molar-refractivity contribution in [3.63, 3.8) is 0 Å². The average Bonchev–Trinajstić information content (AvgIpc) is 2.51. The molecule has 23 heavy (non-hydrogen) atoms. The number of ether oxygens (including phenoxy) is 1. The Morgan fingerprint density at radius 2 is 1.74 bits per heavy atom. The second kappa shape index (κ2) is 6.30. The first-order valence-electron chi connectivity index (χ1n) is 7.20. The summed E-state index contributed by atoms with van der Waals surface area (Å²) in [5, 5.41) is 12.6. The van der Waals surface area contributed by atoms with Gasteiger partial charge in [0.05, 0.1) is 12.8 Å². The monoisotopic (exact) mass is 332 g/mol. The molecule has 0 atom stereocenters. The zero-order chi connectivity index (χ0) is 16.4. The van der Waals surface area contributed by atoms with Gasteiger partial charge in [-0.2, -0.15) is 0 Å². The molecule has 0 radical (unpaired) electrons. The van der Waals surface area contributed by atoms with E-state index in [0.29, 0.717) is 11.3 Å². The molecule has 3 N–H and O–H groups in total. The maximum atomic E-state index is 11.3. The summed E-state index contributed by atoms with van der Waals surface area (Å²) in [6.45, 7) is 0.201. The first kappa shape index (κ1) is 16.0. The molecular weight excluding hydrogens is 315 g/mol. The Morgan fingerprint density at radius 1 is 0.957 bits per heavy atom. The number of benzene rings is 3. The second-order valence-corrected chi connectivity index (χ2v) is 7.00. The lowest BCUT2D eigenvalue weighted by Crippen LogP contribution is -2.01. The Bertz CT molecular complexity index is 900. The molecule has 0 aliphatic carbocycles. The van der Waals surface area contributed by atoms with Crippen molar-refractivity contribution in [2.75, 3.05) is 13.2 Å². The first-order chi connectivity index (χ1) is 11.0. The van der Waals surface area contributed by atoms with Crippen molar-refractivity contribution in [2.24, 2.45) is 0 Å². The molecular formula is C17H17O5P. The van der Waals surface area contributed by atoms with Crippen molar-refractivity contribution in [3.05, 3.63) is 54.1 Å². The molecule has 0 aliphatic heterocycles. The minimum atomic E-state index is -4.12. The Morgan fingerprint density at radius 3 is 2.48 bits per heavy atom. The number of aliphatic hydroxyl groups excluding tert-OH is 1. The summed E-state index contributed by atoms with van der Waals surface area (Å²) in [6.07, 6.45) is -0.270. The summed E-state index contributed by atoms with van der Waals surface area (Å²) in [7, 11) is -4.12. The molecule has 3 rings (SSSR count). The molecule has 0 saturated heterocycles. The van der Waals surface area contributed by atoms with Crippen LogP contribution < -0.4 is 4.74 Å². The lowest BCUT2D eigenvalue weighted by Gasteiger charge is -2.11. The molecule has 6 heteroatoms. The number of hydrogen-bond acceptors (Lipinski definition) is 3. The van der Waals surface area contributed by atoms with E-state index in [-0.39, 0.29) is 19.4 Å². The summed E-state index contributed by atoms with van der Waals surface area (Å²) >= 11 is 0. The van der Waals surface area contributed by atoms with Gasteiger partial charge in [-0.1, -0.05) is 36.4 Å². The molecule has 0 spiro atoms. The summed E-state index contributed by atoms with van der Waals surface area (Å²) in [4.78, 5) is 18.5. The van der Waals surface area contributed by atoms with Gasteiger partial charge in [-0.25, -0.2) is 0 Å². The lowest BCUT2D eigenvalue weighted by molar-refractivity contribution is 0.201. The number of fused-ring (bicyclic) bond motifs is 3. The lowest BCUT2D eigenvalue weighted by atomic mass is 9.99. The third-order valence-corrected chi connectivity index (χ3v) is 4.43. The molecule has 0 bridgehead atoms. The smallest absolute Gasteiger partial charge is 0.329 e. The topological polar surface area (TPSA) is 87.0 Å². The summed E-state index contributed by atoms with van der Waals surface area (Å²) in [6, 6.07) is 14.9. The zero-order valence-electron chi connectivity index (χ0n) is 12.3. The van der Waals surface area contributed by atoms with E-state index in [9.17, 15) is 14.4 Å². The fourth-order valence-electron chi connectivity index (χ4n) is 2.75. The second-order valence-electron chi connectivity index (χ2n) is 5.36. The van der Waals surface area contributed by atoms with Gasteiger partial charge in [0, 0.05) is 0 Å². The first-order valence-corrected chi connectivity index (χ1v) is 9.00. The minimum Gasteiger partial charge on any atom is -0.491 e. The molecule has 0 aromatic heterocycles. The van der Waals surface area contributed by atoms with Gasteiger partial charge in [-0.3, -0.25) is 4.57 Å². The van der Waals surface area contributed by atoms with E-state index >= 15 is 0 Å². The third kappa shape index (κ3) is 3.54. The Kier molecular flexibility index (Phi) is 4.37. The normalized spacial score (nSPS) is 12.0. The highest BCUT2D eigenvalue weighted by molar-refractivity contribution is 7.50. The molecule has 120 valence electrons. The largest absolute Gasteiger partial charge is 0.491 e. The molecule has 0 unspecified atom stereocenters. The van der Waals surface area contributed by atoms with Crippen LogP contribution in [0.15, 0.2) is 48.5 Å². The van der Waals surface area contributed by atoms with Gasteiger partial charge < -0.3 is 19.6 Å².